The number of fused-ring (bicyclic) bond motifs is 1. The molecule has 1 aromatic heterocycles. The summed E-state index contributed by atoms with van der Waals surface area (Å²) < 4.78 is 5.69. The van der Waals surface area contributed by atoms with Gasteiger partial charge < -0.3 is 4.74 Å². The first-order valence-electron chi connectivity index (χ1n) is 9.39. The largest absolute Gasteiger partial charge is 0.423 e. The molecule has 0 atom stereocenters. The van der Waals surface area contributed by atoms with E-state index in [4.69, 9.17) is 21.3 Å². The van der Waals surface area contributed by atoms with Crippen molar-refractivity contribution in [3.63, 3.8) is 0 Å². The van der Waals surface area contributed by atoms with Crippen molar-refractivity contribution in [2.45, 2.75) is 20.8 Å². The number of hydrogen-bond acceptors (Lipinski definition) is 3. The van der Waals surface area contributed by atoms with Crippen LogP contribution in [0.15, 0.2) is 66.7 Å². The lowest BCUT2D eigenvalue weighted by molar-refractivity contribution is 0.0736. The molecule has 0 unspecified atom stereocenters. The molecule has 0 N–H and O–H groups in total. The van der Waals surface area contributed by atoms with E-state index in [-0.39, 0.29) is 0 Å². The molecule has 0 saturated carbocycles. The summed E-state index contributed by atoms with van der Waals surface area (Å²) in [7, 11) is 0. The first-order chi connectivity index (χ1) is 13.9. The van der Waals surface area contributed by atoms with Crippen molar-refractivity contribution >= 4 is 28.5 Å². The predicted molar refractivity (Wildman–Crippen MR) is 118 cm³/mol. The van der Waals surface area contributed by atoms with Gasteiger partial charge in [-0.25, -0.2) is 9.78 Å². The minimum Gasteiger partial charge on any atom is -0.423 e. The van der Waals surface area contributed by atoms with E-state index in [1.165, 1.54) is 0 Å². The van der Waals surface area contributed by atoms with Crippen molar-refractivity contribution in [1.82, 2.24) is 4.98 Å². The summed E-state index contributed by atoms with van der Waals surface area (Å²) in [4.78, 5) is 18.2. The molecule has 0 saturated heterocycles. The van der Waals surface area contributed by atoms with Crippen molar-refractivity contribution in [3.8, 4) is 17.0 Å². The van der Waals surface area contributed by atoms with E-state index in [2.05, 4.69) is 6.07 Å². The molecule has 0 spiro atoms. The van der Waals surface area contributed by atoms with Crippen molar-refractivity contribution in [2.24, 2.45) is 0 Å². The van der Waals surface area contributed by atoms with Crippen LogP contribution in [-0.4, -0.2) is 11.0 Å². The Bertz CT molecular complexity index is 1230. The minimum absolute atomic E-state index is 0.394. The molecule has 4 rings (SSSR count). The van der Waals surface area contributed by atoms with Gasteiger partial charge in [0, 0.05) is 16.0 Å². The van der Waals surface area contributed by atoms with Gasteiger partial charge in [-0.3, -0.25) is 0 Å². The third-order valence-corrected chi connectivity index (χ3v) is 5.16. The summed E-state index contributed by atoms with van der Waals surface area (Å²) in [6.07, 6.45) is 0. The summed E-state index contributed by atoms with van der Waals surface area (Å²) in [6, 6.07) is 20.7. The molecule has 0 radical (unpaired) electrons. The normalized spacial score (nSPS) is 10.9. The van der Waals surface area contributed by atoms with Crippen LogP contribution >= 0.6 is 11.6 Å². The van der Waals surface area contributed by atoms with Crippen LogP contribution in [0.3, 0.4) is 0 Å². The monoisotopic (exact) mass is 401 g/mol. The maximum atomic E-state index is 13.2. The Labute approximate surface area is 174 Å². The van der Waals surface area contributed by atoms with Crippen LogP contribution in [0, 0.1) is 20.8 Å². The molecule has 0 aliphatic carbocycles. The average Bonchev–Trinajstić information content (AvgIpc) is 2.68. The number of rotatable bonds is 3. The Hall–Kier alpha value is -3.17. The van der Waals surface area contributed by atoms with Crippen LogP contribution in [0.2, 0.25) is 5.02 Å². The summed E-state index contributed by atoms with van der Waals surface area (Å²) >= 11 is 6.21. The van der Waals surface area contributed by atoms with Crippen LogP contribution < -0.4 is 4.74 Å². The quantitative estimate of drug-likeness (QED) is 0.283. The molecule has 144 valence electrons. The van der Waals surface area contributed by atoms with Gasteiger partial charge in [-0.2, -0.15) is 0 Å². The highest BCUT2D eigenvalue weighted by Gasteiger charge is 2.22. The van der Waals surface area contributed by atoms with Crippen molar-refractivity contribution in [2.75, 3.05) is 0 Å². The van der Waals surface area contributed by atoms with Gasteiger partial charge in [0.2, 0.25) is 0 Å². The molecular weight excluding hydrogens is 382 g/mol. The number of carbonyl (C=O) groups excluding carboxylic acids is 1. The van der Waals surface area contributed by atoms with Gasteiger partial charge in [0.25, 0.3) is 0 Å². The van der Waals surface area contributed by atoms with E-state index >= 15 is 0 Å². The van der Waals surface area contributed by atoms with Crippen LogP contribution in [0.4, 0.5) is 0 Å². The zero-order chi connectivity index (χ0) is 20.5. The highest BCUT2D eigenvalue weighted by molar-refractivity contribution is 6.30. The van der Waals surface area contributed by atoms with Gasteiger partial charge in [0.1, 0.15) is 5.75 Å². The van der Waals surface area contributed by atoms with Crippen LogP contribution in [0.1, 0.15) is 27.0 Å². The zero-order valence-corrected chi connectivity index (χ0v) is 17.2. The topological polar surface area (TPSA) is 39.2 Å². The zero-order valence-electron chi connectivity index (χ0n) is 16.5. The van der Waals surface area contributed by atoms with Crippen LogP contribution in [0.25, 0.3) is 22.2 Å². The molecule has 0 aliphatic rings. The number of benzene rings is 3. The number of carbonyl (C=O) groups is 1. The van der Waals surface area contributed by atoms with Crippen molar-refractivity contribution in [3.05, 3.63) is 94.0 Å². The molecule has 0 amide bonds. The van der Waals surface area contributed by atoms with Gasteiger partial charge >= 0.3 is 5.97 Å². The fraction of sp³-hybridized carbons (Fsp3) is 0.120. The Morgan fingerprint density at radius 3 is 2.41 bits per heavy atom. The summed E-state index contributed by atoms with van der Waals surface area (Å²) in [6.45, 7) is 5.92. The molecule has 29 heavy (non-hydrogen) atoms. The molecule has 0 aliphatic heterocycles. The SMILES string of the molecule is Cc1cc(C)c2nc(-c3cccc(Cl)c3)c(C)c(C(=O)Oc3ccccc3)c2c1. The molecule has 1 heterocycles. The summed E-state index contributed by atoms with van der Waals surface area (Å²) in [5, 5.41) is 1.42. The minimum atomic E-state index is -0.394. The molecule has 3 aromatic carbocycles. The van der Waals surface area contributed by atoms with E-state index in [1.54, 1.807) is 12.1 Å². The summed E-state index contributed by atoms with van der Waals surface area (Å²) in [5.74, 6) is 0.116. The highest BCUT2D eigenvalue weighted by atomic mass is 35.5. The number of esters is 1. The fourth-order valence-corrected chi connectivity index (χ4v) is 3.83. The lowest BCUT2D eigenvalue weighted by atomic mass is 9.95. The van der Waals surface area contributed by atoms with E-state index in [1.807, 2.05) is 69.3 Å². The average molecular weight is 402 g/mol. The number of pyridine rings is 1. The summed E-state index contributed by atoms with van der Waals surface area (Å²) in [5.41, 5.74) is 5.76. The number of nitrogens with zero attached hydrogens (tertiary/aromatic N) is 1. The second kappa shape index (κ2) is 7.69. The Morgan fingerprint density at radius 2 is 1.69 bits per heavy atom. The van der Waals surface area contributed by atoms with E-state index < -0.39 is 5.97 Å². The second-order valence-corrected chi connectivity index (χ2v) is 7.59. The van der Waals surface area contributed by atoms with Gasteiger partial charge in [-0.05, 0) is 62.2 Å². The first kappa shape index (κ1) is 19.2. The first-order valence-corrected chi connectivity index (χ1v) is 9.76. The lowest BCUT2D eigenvalue weighted by Gasteiger charge is -2.16. The Morgan fingerprint density at radius 1 is 0.931 bits per heavy atom. The number of hydrogen-bond donors (Lipinski definition) is 0. The Balaban J connectivity index is 1.98. The molecule has 3 nitrogen and oxygen atoms in total. The van der Waals surface area contributed by atoms with Crippen LogP contribution in [-0.2, 0) is 0 Å². The van der Waals surface area contributed by atoms with Gasteiger partial charge in [-0.15, -0.1) is 0 Å². The van der Waals surface area contributed by atoms with Gasteiger partial charge in [0.05, 0.1) is 16.8 Å². The lowest BCUT2D eigenvalue weighted by Crippen LogP contribution is -2.13. The van der Waals surface area contributed by atoms with E-state index in [0.717, 1.165) is 38.9 Å². The van der Waals surface area contributed by atoms with Gasteiger partial charge in [0.15, 0.2) is 0 Å². The van der Waals surface area contributed by atoms with Crippen molar-refractivity contribution in [1.29, 1.82) is 0 Å². The smallest absolute Gasteiger partial charge is 0.344 e. The molecule has 4 aromatic rings. The molecule has 0 fully saturated rings. The maximum Gasteiger partial charge on any atom is 0.344 e. The number of aryl methyl sites for hydroxylation is 2. The van der Waals surface area contributed by atoms with Gasteiger partial charge in [-0.1, -0.05) is 53.6 Å². The number of para-hydroxylation sites is 1. The van der Waals surface area contributed by atoms with Crippen molar-refractivity contribution < 1.29 is 9.53 Å². The maximum absolute atomic E-state index is 13.2. The molecule has 4 heteroatoms. The predicted octanol–water partition coefficient (Wildman–Crippen LogP) is 6.70. The Kier molecular flexibility index (Phi) is 5.08. The highest BCUT2D eigenvalue weighted by Crippen LogP contribution is 2.33. The third-order valence-electron chi connectivity index (χ3n) is 4.92. The van der Waals surface area contributed by atoms with E-state index in [0.29, 0.717) is 16.3 Å². The third kappa shape index (κ3) is 3.74. The second-order valence-electron chi connectivity index (χ2n) is 7.15. The standard InChI is InChI=1S/C25H20ClNO2/c1-15-12-16(2)23-21(13-15)22(25(28)29-20-10-5-4-6-11-20)17(3)24(27-23)18-8-7-9-19(26)14-18/h4-14H,1-3H3. The molecular formula is C25H20ClNO2. The molecule has 0 bridgehead atoms. The fourth-order valence-electron chi connectivity index (χ4n) is 3.64. The van der Waals surface area contributed by atoms with Crippen LogP contribution in [0.5, 0.6) is 5.75 Å². The number of halogens is 1. The number of aromatic nitrogens is 1. The van der Waals surface area contributed by atoms with E-state index in [9.17, 15) is 4.79 Å². The number of ether oxygens (including phenoxy) is 1.